The zero-order chi connectivity index (χ0) is 25.2. The van der Waals surface area contributed by atoms with Gasteiger partial charge in [0, 0.05) is 62.1 Å². The Bertz CT molecular complexity index is 1370. The van der Waals surface area contributed by atoms with Crippen molar-refractivity contribution in [1.29, 1.82) is 0 Å². The molecule has 10 heteroatoms. The number of hydrogen-bond donors (Lipinski definition) is 3. The minimum Gasteiger partial charge on any atom is -0.390 e. The van der Waals surface area contributed by atoms with Gasteiger partial charge >= 0.3 is 6.03 Å². The summed E-state index contributed by atoms with van der Waals surface area (Å²) >= 11 is 0. The van der Waals surface area contributed by atoms with Crippen molar-refractivity contribution in [2.24, 2.45) is 7.05 Å². The molecule has 0 atom stereocenters. The predicted molar refractivity (Wildman–Crippen MR) is 135 cm³/mol. The zero-order valence-electron chi connectivity index (χ0n) is 20.2. The van der Waals surface area contributed by atoms with Gasteiger partial charge in [0.15, 0.2) is 0 Å². The van der Waals surface area contributed by atoms with Crippen LogP contribution in [0.1, 0.15) is 30.6 Å². The number of amides is 2. The van der Waals surface area contributed by atoms with Gasteiger partial charge in [0.25, 0.3) is 5.91 Å². The molecule has 1 aromatic carbocycles. The van der Waals surface area contributed by atoms with Crippen LogP contribution >= 0.6 is 0 Å². The maximum Gasteiger partial charge on any atom is 0.325 e. The third kappa shape index (κ3) is 5.49. The molecule has 0 bridgehead atoms. The summed E-state index contributed by atoms with van der Waals surface area (Å²) in [5, 5.41) is 20.8. The summed E-state index contributed by atoms with van der Waals surface area (Å²) < 4.78 is 3.11. The van der Waals surface area contributed by atoms with Gasteiger partial charge in [-0.25, -0.2) is 9.78 Å². The first-order valence-electron chi connectivity index (χ1n) is 11.2. The summed E-state index contributed by atoms with van der Waals surface area (Å²) in [5.41, 5.74) is 2.04. The third-order valence-corrected chi connectivity index (χ3v) is 5.63. The number of nitrogens with one attached hydrogen (secondary N) is 2. The number of aryl methyl sites for hydroxylation is 1. The summed E-state index contributed by atoms with van der Waals surface area (Å²) in [6.45, 7) is 4.05. The molecule has 2 amide bonds. The summed E-state index contributed by atoms with van der Waals surface area (Å²) in [7, 11) is 3.34. The largest absolute Gasteiger partial charge is 0.390 e. The second kappa shape index (κ2) is 9.59. The lowest BCUT2D eigenvalue weighted by Crippen LogP contribution is -2.28. The quantitative estimate of drug-likeness (QED) is 0.377. The lowest BCUT2D eigenvalue weighted by molar-refractivity contribution is 0.0737. The summed E-state index contributed by atoms with van der Waals surface area (Å²) in [6, 6.07) is 11.1. The van der Waals surface area contributed by atoms with Crippen LogP contribution < -0.4 is 15.5 Å². The molecular weight excluding hydrogens is 446 g/mol. The van der Waals surface area contributed by atoms with E-state index in [2.05, 4.69) is 25.6 Å². The first-order valence-corrected chi connectivity index (χ1v) is 11.2. The van der Waals surface area contributed by atoms with Crippen molar-refractivity contribution in [3.63, 3.8) is 0 Å². The molecule has 0 aliphatic heterocycles. The Balaban J connectivity index is 1.67. The maximum atomic E-state index is 12.6. The number of pyridine rings is 1. The number of benzene rings is 1. The summed E-state index contributed by atoms with van der Waals surface area (Å²) in [4.78, 5) is 31.1. The Labute approximate surface area is 203 Å². The standard InChI is InChI=1S/C25H29N7O3/c1-25(2,35)9-12-31(19-5-6-21-17(13-19)8-11-32(21)24(34)26-3)20-7-10-27-22(14-20)29-23(33)18-15-28-30(4)16-18/h5-8,10-11,13-16,35H,9,12H2,1-4H3,(H,26,34)(H,27,29,33). The predicted octanol–water partition coefficient (Wildman–Crippen LogP) is 3.51. The van der Waals surface area contributed by atoms with Crippen LogP contribution in [0.25, 0.3) is 10.9 Å². The second-order valence-corrected chi connectivity index (χ2v) is 8.95. The van der Waals surface area contributed by atoms with Crippen molar-refractivity contribution in [3.8, 4) is 0 Å². The Kier molecular flexibility index (Phi) is 6.57. The number of carbonyl (C=O) groups excluding carboxylic acids is 2. The molecule has 0 saturated carbocycles. The normalized spacial score (nSPS) is 11.5. The summed E-state index contributed by atoms with van der Waals surface area (Å²) in [6.07, 6.45) is 6.99. The molecule has 3 heterocycles. The van der Waals surface area contributed by atoms with Crippen LogP contribution in [0.2, 0.25) is 0 Å². The molecule has 0 saturated heterocycles. The zero-order valence-corrected chi connectivity index (χ0v) is 20.2. The van der Waals surface area contributed by atoms with E-state index in [-0.39, 0.29) is 11.9 Å². The first-order chi connectivity index (χ1) is 16.6. The van der Waals surface area contributed by atoms with E-state index in [1.54, 1.807) is 61.8 Å². The van der Waals surface area contributed by atoms with Gasteiger partial charge in [-0.15, -0.1) is 0 Å². The Morgan fingerprint density at radius 3 is 2.60 bits per heavy atom. The average molecular weight is 476 g/mol. The number of aliphatic hydroxyl groups is 1. The van der Waals surface area contributed by atoms with Gasteiger partial charge in [0.05, 0.1) is 22.9 Å². The molecule has 0 spiro atoms. The topological polar surface area (TPSA) is 117 Å². The van der Waals surface area contributed by atoms with E-state index in [9.17, 15) is 14.7 Å². The van der Waals surface area contributed by atoms with E-state index in [1.165, 1.54) is 6.20 Å². The fourth-order valence-corrected chi connectivity index (χ4v) is 3.77. The number of fused-ring (bicyclic) bond motifs is 1. The van der Waals surface area contributed by atoms with Gasteiger partial charge in [0.1, 0.15) is 5.82 Å². The average Bonchev–Trinajstić information content (AvgIpc) is 3.44. The van der Waals surface area contributed by atoms with Gasteiger partial charge < -0.3 is 20.6 Å². The molecule has 0 unspecified atom stereocenters. The van der Waals surface area contributed by atoms with E-state index in [4.69, 9.17) is 0 Å². The van der Waals surface area contributed by atoms with E-state index in [1.807, 2.05) is 30.3 Å². The van der Waals surface area contributed by atoms with Crippen molar-refractivity contribution in [1.82, 2.24) is 24.6 Å². The van der Waals surface area contributed by atoms with Crippen LogP contribution in [0.5, 0.6) is 0 Å². The van der Waals surface area contributed by atoms with Crippen LogP contribution in [0, 0.1) is 0 Å². The maximum absolute atomic E-state index is 12.6. The Hall–Kier alpha value is -4.18. The van der Waals surface area contributed by atoms with Gasteiger partial charge in [-0.1, -0.05) is 0 Å². The number of nitrogens with zero attached hydrogens (tertiary/aromatic N) is 5. The number of carbonyl (C=O) groups is 2. The van der Waals surface area contributed by atoms with Crippen LogP contribution in [-0.2, 0) is 7.05 Å². The molecule has 4 rings (SSSR count). The summed E-state index contributed by atoms with van der Waals surface area (Å²) in [5.74, 6) is 0.0965. The third-order valence-electron chi connectivity index (χ3n) is 5.63. The highest BCUT2D eigenvalue weighted by Crippen LogP contribution is 2.31. The van der Waals surface area contributed by atoms with Crippen molar-refractivity contribution in [3.05, 3.63) is 66.7 Å². The SMILES string of the molecule is CNC(=O)n1ccc2cc(N(CCC(C)(C)O)c3ccnc(NC(=O)c4cnn(C)c4)c3)ccc21. The molecular formula is C25H29N7O3. The molecule has 0 aliphatic carbocycles. The lowest BCUT2D eigenvalue weighted by Gasteiger charge is -2.28. The van der Waals surface area contributed by atoms with Crippen LogP contribution in [0.15, 0.2) is 61.2 Å². The van der Waals surface area contributed by atoms with Gasteiger partial charge in [-0.2, -0.15) is 5.10 Å². The van der Waals surface area contributed by atoms with E-state index >= 15 is 0 Å². The number of aromatic nitrogens is 4. The van der Waals surface area contributed by atoms with Gasteiger partial charge in [-0.05, 0) is 50.6 Å². The minimum atomic E-state index is -0.866. The number of anilines is 3. The first kappa shape index (κ1) is 24.0. The highest BCUT2D eigenvalue weighted by molar-refractivity contribution is 6.03. The molecule has 0 fully saturated rings. The van der Waals surface area contributed by atoms with Crippen LogP contribution in [-0.4, -0.2) is 55.6 Å². The molecule has 4 aromatic rings. The van der Waals surface area contributed by atoms with Gasteiger partial charge in [0.2, 0.25) is 0 Å². The smallest absolute Gasteiger partial charge is 0.325 e. The van der Waals surface area contributed by atoms with Crippen molar-refractivity contribution >= 4 is 40.0 Å². The highest BCUT2D eigenvalue weighted by atomic mass is 16.3. The fraction of sp³-hybridized carbons (Fsp3) is 0.280. The van der Waals surface area contributed by atoms with Crippen molar-refractivity contribution < 1.29 is 14.7 Å². The second-order valence-electron chi connectivity index (χ2n) is 8.95. The Morgan fingerprint density at radius 1 is 1.14 bits per heavy atom. The molecule has 3 aromatic heterocycles. The molecule has 182 valence electrons. The fourth-order valence-electron chi connectivity index (χ4n) is 3.77. The number of rotatable bonds is 7. The lowest BCUT2D eigenvalue weighted by atomic mass is 10.0. The van der Waals surface area contributed by atoms with Crippen LogP contribution in [0.3, 0.4) is 0 Å². The minimum absolute atomic E-state index is 0.213. The molecule has 0 aliphatic rings. The molecule has 35 heavy (non-hydrogen) atoms. The van der Waals surface area contributed by atoms with Crippen molar-refractivity contribution in [2.75, 3.05) is 23.8 Å². The number of hydrogen-bond acceptors (Lipinski definition) is 6. The molecule has 10 nitrogen and oxygen atoms in total. The van der Waals surface area contributed by atoms with E-state index < -0.39 is 5.60 Å². The molecule has 0 radical (unpaired) electrons. The molecule has 3 N–H and O–H groups in total. The Morgan fingerprint density at radius 2 is 1.91 bits per heavy atom. The van der Waals surface area contributed by atoms with E-state index in [0.717, 1.165) is 22.3 Å². The van der Waals surface area contributed by atoms with Gasteiger partial charge in [-0.3, -0.25) is 14.0 Å². The van der Waals surface area contributed by atoms with Crippen molar-refractivity contribution in [2.45, 2.75) is 25.9 Å². The monoisotopic (exact) mass is 475 g/mol. The van der Waals surface area contributed by atoms with Crippen LogP contribution in [0.4, 0.5) is 22.0 Å². The van der Waals surface area contributed by atoms with E-state index in [0.29, 0.717) is 24.3 Å². The highest BCUT2D eigenvalue weighted by Gasteiger charge is 2.19.